The summed E-state index contributed by atoms with van der Waals surface area (Å²) >= 11 is 3.36. The minimum absolute atomic E-state index is 0.0697. The largest absolute Gasteiger partial charge is 0.322 e. The average molecular weight is 473 g/mol. The summed E-state index contributed by atoms with van der Waals surface area (Å²) in [7, 11) is -3.86. The molecule has 0 fully saturated rings. The molecule has 0 bridgehead atoms. The lowest BCUT2D eigenvalue weighted by molar-refractivity contribution is 0.102. The number of benzene rings is 3. The van der Waals surface area contributed by atoms with Crippen LogP contribution >= 0.6 is 15.9 Å². The van der Waals surface area contributed by atoms with Gasteiger partial charge in [-0.05, 0) is 73.9 Å². The Morgan fingerprint density at radius 1 is 0.897 bits per heavy atom. The minimum Gasteiger partial charge on any atom is -0.322 e. The first-order valence-electron chi connectivity index (χ1n) is 8.93. The Hall–Kier alpha value is -2.64. The molecule has 0 heterocycles. The summed E-state index contributed by atoms with van der Waals surface area (Å²) in [5.74, 6) is -0.383. The first kappa shape index (κ1) is 21.1. The van der Waals surface area contributed by atoms with Gasteiger partial charge in [0, 0.05) is 15.7 Å². The summed E-state index contributed by atoms with van der Waals surface area (Å²) < 4.78 is 29.5. The Balaban J connectivity index is 1.91. The number of halogens is 1. The highest BCUT2D eigenvalue weighted by atomic mass is 79.9. The zero-order valence-corrected chi connectivity index (χ0v) is 18.7. The molecular formula is C22H21BrN2O3S. The van der Waals surface area contributed by atoms with Gasteiger partial charge in [0.05, 0.1) is 10.6 Å². The molecule has 0 saturated heterocycles. The van der Waals surface area contributed by atoms with Crippen LogP contribution in [0.15, 0.2) is 70.0 Å². The van der Waals surface area contributed by atoms with Crippen molar-refractivity contribution < 1.29 is 13.2 Å². The second-order valence-electron chi connectivity index (χ2n) is 6.87. The SMILES string of the molecule is Cc1ccc(C)c(NS(=O)(=O)c2cc(C(=O)Nc3cccc(Br)c3)ccc2C)c1. The van der Waals surface area contributed by atoms with Crippen molar-refractivity contribution in [3.05, 3.63) is 87.4 Å². The van der Waals surface area contributed by atoms with E-state index in [-0.39, 0.29) is 16.4 Å². The van der Waals surface area contributed by atoms with Crippen molar-refractivity contribution in [1.29, 1.82) is 0 Å². The quantitative estimate of drug-likeness (QED) is 0.519. The lowest BCUT2D eigenvalue weighted by atomic mass is 10.1. The van der Waals surface area contributed by atoms with Gasteiger partial charge in [0.1, 0.15) is 0 Å². The lowest BCUT2D eigenvalue weighted by Crippen LogP contribution is -2.17. The number of nitrogens with one attached hydrogen (secondary N) is 2. The molecule has 0 unspecified atom stereocenters. The number of hydrogen-bond donors (Lipinski definition) is 2. The van der Waals surface area contributed by atoms with Crippen molar-refractivity contribution in [2.24, 2.45) is 0 Å². The van der Waals surface area contributed by atoms with Crippen LogP contribution in [0.1, 0.15) is 27.0 Å². The summed E-state index contributed by atoms with van der Waals surface area (Å²) in [5.41, 5.74) is 3.72. The molecule has 150 valence electrons. The fourth-order valence-electron chi connectivity index (χ4n) is 2.85. The van der Waals surface area contributed by atoms with Crippen molar-refractivity contribution in [2.75, 3.05) is 10.0 Å². The maximum absolute atomic E-state index is 13.0. The minimum atomic E-state index is -3.86. The summed E-state index contributed by atoms with van der Waals surface area (Å²) in [4.78, 5) is 12.7. The molecule has 0 atom stereocenters. The molecule has 1 amide bonds. The van der Waals surface area contributed by atoms with Gasteiger partial charge in [0.15, 0.2) is 0 Å². The Morgan fingerprint density at radius 2 is 1.62 bits per heavy atom. The zero-order chi connectivity index (χ0) is 21.2. The van der Waals surface area contributed by atoms with E-state index in [9.17, 15) is 13.2 Å². The fraction of sp³-hybridized carbons (Fsp3) is 0.136. The van der Waals surface area contributed by atoms with E-state index in [2.05, 4.69) is 26.0 Å². The molecule has 5 nitrogen and oxygen atoms in total. The van der Waals surface area contributed by atoms with Crippen LogP contribution in [0.2, 0.25) is 0 Å². The molecule has 3 aromatic carbocycles. The van der Waals surface area contributed by atoms with Crippen LogP contribution in [0.25, 0.3) is 0 Å². The van der Waals surface area contributed by atoms with Gasteiger partial charge in [0.2, 0.25) is 0 Å². The van der Waals surface area contributed by atoms with Crippen LogP contribution in [-0.2, 0) is 10.0 Å². The Bertz CT molecular complexity index is 1190. The smallest absolute Gasteiger partial charge is 0.262 e. The van der Waals surface area contributed by atoms with E-state index in [4.69, 9.17) is 0 Å². The number of hydrogen-bond acceptors (Lipinski definition) is 3. The van der Waals surface area contributed by atoms with Crippen LogP contribution in [0, 0.1) is 20.8 Å². The third-order valence-corrected chi connectivity index (χ3v) is 6.46. The summed E-state index contributed by atoms with van der Waals surface area (Å²) in [6.07, 6.45) is 0. The molecule has 0 spiro atoms. The Morgan fingerprint density at radius 3 is 2.34 bits per heavy atom. The van der Waals surface area contributed by atoms with Gasteiger partial charge in [-0.2, -0.15) is 0 Å². The zero-order valence-electron chi connectivity index (χ0n) is 16.3. The fourth-order valence-corrected chi connectivity index (χ4v) is 4.64. The van der Waals surface area contributed by atoms with Gasteiger partial charge in [-0.25, -0.2) is 8.42 Å². The number of amides is 1. The predicted molar refractivity (Wildman–Crippen MR) is 120 cm³/mol. The second kappa shape index (κ2) is 8.39. The maximum atomic E-state index is 13.0. The summed E-state index contributed by atoms with van der Waals surface area (Å²) in [5, 5.41) is 2.78. The van der Waals surface area contributed by atoms with Gasteiger partial charge in [0.25, 0.3) is 15.9 Å². The number of carbonyl (C=O) groups is 1. The van der Waals surface area contributed by atoms with E-state index in [1.54, 1.807) is 43.3 Å². The third-order valence-electron chi connectivity index (χ3n) is 4.46. The van der Waals surface area contributed by atoms with E-state index in [0.29, 0.717) is 16.9 Å². The summed E-state index contributed by atoms with van der Waals surface area (Å²) in [6.45, 7) is 5.44. The number of sulfonamides is 1. The standard InChI is InChI=1S/C22H21BrN2O3S/c1-14-7-8-15(2)20(11-14)25-29(27,28)21-12-17(10-9-16(21)3)22(26)24-19-6-4-5-18(23)13-19/h4-13,25H,1-3H3,(H,24,26). The average Bonchev–Trinajstić information content (AvgIpc) is 2.64. The van der Waals surface area contributed by atoms with Gasteiger partial charge in [-0.1, -0.05) is 40.2 Å². The van der Waals surface area contributed by atoms with Gasteiger partial charge in [-0.15, -0.1) is 0 Å². The van der Waals surface area contributed by atoms with Crippen molar-refractivity contribution in [3.8, 4) is 0 Å². The van der Waals surface area contributed by atoms with E-state index in [1.165, 1.54) is 6.07 Å². The van der Waals surface area contributed by atoms with Crippen LogP contribution < -0.4 is 10.0 Å². The van der Waals surface area contributed by atoms with Crippen LogP contribution in [0.4, 0.5) is 11.4 Å². The Labute approximate surface area is 179 Å². The summed E-state index contributed by atoms with van der Waals surface area (Å²) in [6, 6.07) is 17.4. The number of carbonyl (C=O) groups excluding carboxylic acids is 1. The van der Waals surface area contributed by atoms with Crippen molar-refractivity contribution in [2.45, 2.75) is 25.7 Å². The number of anilines is 2. The molecule has 3 rings (SSSR count). The maximum Gasteiger partial charge on any atom is 0.262 e. The van der Waals surface area contributed by atoms with Crippen LogP contribution in [0.3, 0.4) is 0 Å². The molecule has 0 saturated carbocycles. The topological polar surface area (TPSA) is 75.3 Å². The molecule has 3 aromatic rings. The van der Waals surface area contributed by atoms with Gasteiger partial charge < -0.3 is 5.32 Å². The highest BCUT2D eigenvalue weighted by Crippen LogP contribution is 2.24. The highest BCUT2D eigenvalue weighted by molar-refractivity contribution is 9.10. The van der Waals surface area contributed by atoms with Crippen molar-refractivity contribution in [3.63, 3.8) is 0 Å². The third kappa shape index (κ3) is 5.05. The monoisotopic (exact) mass is 472 g/mol. The molecule has 0 aliphatic carbocycles. The molecule has 29 heavy (non-hydrogen) atoms. The van der Waals surface area contributed by atoms with Crippen LogP contribution in [0.5, 0.6) is 0 Å². The first-order valence-corrected chi connectivity index (χ1v) is 11.2. The molecule has 7 heteroatoms. The van der Waals surface area contributed by atoms with Gasteiger partial charge in [-0.3, -0.25) is 9.52 Å². The predicted octanol–water partition coefficient (Wildman–Crippen LogP) is 5.43. The first-order chi connectivity index (χ1) is 13.7. The number of aryl methyl sites for hydroxylation is 3. The molecule has 2 N–H and O–H groups in total. The van der Waals surface area contributed by atoms with Crippen molar-refractivity contribution >= 4 is 43.2 Å². The van der Waals surface area contributed by atoms with E-state index in [1.807, 2.05) is 32.0 Å². The van der Waals surface area contributed by atoms with Crippen LogP contribution in [-0.4, -0.2) is 14.3 Å². The normalized spacial score (nSPS) is 11.2. The second-order valence-corrected chi connectivity index (χ2v) is 9.44. The molecule has 0 aliphatic heterocycles. The molecule has 0 aliphatic rings. The lowest BCUT2D eigenvalue weighted by Gasteiger charge is -2.14. The van der Waals surface area contributed by atoms with E-state index >= 15 is 0 Å². The molecule has 0 radical (unpaired) electrons. The molecular weight excluding hydrogens is 452 g/mol. The molecule has 0 aromatic heterocycles. The van der Waals surface area contributed by atoms with Gasteiger partial charge >= 0.3 is 0 Å². The van der Waals surface area contributed by atoms with Crippen molar-refractivity contribution in [1.82, 2.24) is 0 Å². The number of rotatable bonds is 5. The van der Waals surface area contributed by atoms with E-state index < -0.39 is 10.0 Å². The van der Waals surface area contributed by atoms with E-state index in [0.717, 1.165) is 15.6 Å². The Kier molecular flexibility index (Phi) is 6.10. The highest BCUT2D eigenvalue weighted by Gasteiger charge is 2.20.